The van der Waals surface area contributed by atoms with Gasteiger partial charge in [0.15, 0.2) is 0 Å². The highest BCUT2D eigenvalue weighted by Gasteiger charge is 2.40. The molecular weight excluding hydrogens is 220 g/mol. The summed E-state index contributed by atoms with van der Waals surface area (Å²) in [5.74, 6) is 0.419. The van der Waals surface area contributed by atoms with Crippen LogP contribution in [0.25, 0.3) is 0 Å². The molecule has 1 heterocycles. The number of likely N-dealkylation sites (tertiary alicyclic amines) is 1. The second kappa shape index (κ2) is 3.92. The Hall–Kier alpha value is -1.75. The summed E-state index contributed by atoms with van der Waals surface area (Å²) in [6.07, 6.45) is 0. The zero-order valence-corrected chi connectivity index (χ0v) is 9.93. The van der Waals surface area contributed by atoms with Crippen molar-refractivity contribution in [3.05, 3.63) is 23.8 Å². The second-order valence-electron chi connectivity index (χ2n) is 4.61. The summed E-state index contributed by atoms with van der Waals surface area (Å²) in [7, 11) is 1.54. The molecular formula is C12H16N2O3. The number of anilines is 1. The highest BCUT2D eigenvalue weighted by molar-refractivity contribution is 6.00. The number of β-amino-alcohol motifs (C(OH)–C–C–N with tert-alkyl or cyclic N) is 1. The van der Waals surface area contributed by atoms with E-state index in [4.69, 9.17) is 10.5 Å². The third kappa shape index (κ3) is 2.19. The number of carbonyl (C=O) groups is 1. The standard InChI is InChI=1S/C12H16N2O3/c1-12(16)6-14(7-12)11(15)9-5-8(17-2)3-4-10(9)13/h3-5,16H,6-7,13H2,1-2H3. The Morgan fingerprint density at radius 1 is 1.53 bits per heavy atom. The van der Waals surface area contributed by atoms with Gasteiger partial charge in [-0.15, -0.1) is 0 Å². The summed E-state index contributed by atoms with van der Waals surface area (Å²) in [6, 6.07) is 4.97. The molecule has 1 saturated heterocycles. The molecule has 0 atom stereocenters. The van der Waals surface area contributed by atoms with Crippen molar-refractivity contribution in [3.63, 3.8) is 0 Å². The first-order valence-electron chi connectivity index (χ1n) is 5.38. The lowest BCUT2D eigenvalue weighted by Gasteiger charge is -2.44. The van der Waals surface area contributed by atoms with Gasteiger partial charge in [0.05, 0.1) is 31.4 Å². The van der Waals surface area contributed by atoms with Crippen LogP contribution in [-0.2, 0) is 0 Å². The minimum Gasteiger partial charge on any atom is -0.497 e. The van der Waals surface area contributed by atoms with E-state index in [0.717, 1.165) is 0 Å². The van der Waals surface area contributed by atoms with Gasteiger partial charge < -0.3 is 20.5 Å². The van der Waals surface area contributed by atoms with E-state index in [-0.39, 0.29) is 5.91 Å². The van der Waals surface area contributed by atoms with Gasteiger partial charge in [-0.3, -0.25) is 4.79 Å². The van der Waals surface area contributed by atoms with E-state index in [1.807, 2.05) is 0 Å². The van der Waals surface area contributed by atoms with Gasteiger partial charge in [-0.1, -0.05) is 0 Å². The van der Waals surface area contributed by atoms with Crippen molar-refractivity contribution in [1.29, 1.82) is 0 Å². The maximum absolute atomic E-state index is 12.1. The normalized spacial score (nSPS) is 17.5. The van der Waals surface area contributed by atoms with Crippen molar-refractivity contribution in [2.75, 3.05) is 25.9 Å². The second-order valence-corrected chi connectivity index (χ2v) is 4.61. The molecule has 5 heteroatoms. The number of carbonyl (C=O) groups excluding carboxylic acids is 1. The Bertz CT molecular complexity index is 449. The van der Waals surface area contributed by atoms with Crippen molar-refractivity contribution in [2.45, 2.75) is 12.5 Å². The molecule has 0 spiro atoms. The van der Waals surface area contributed by atoms with Gasteiger partial charge in [-0.25, -0.2) is 0 Å². The number of amides is 1. The van der Waals surface area contributed by atoms with Crippen LogP contribution in [0.4, 0.5) is 5.69 Å². The summed E-state index contributed by atoms with van der Waals surface area (Å²) >= 11 is 0. The van der Waals surface area contributed by atoms with Crippen LogP contribution in [0.2, 0.25) is 0 Å². The fourth-order valence-electron chi connectivity index (χ4n) is 1.94. The number of benzene rings is 1. The van der Waals surface area contributed by atoms with E-state index >= 15 is 0 Å². The lowest BCUT2D eigenvalue weighted by atomic mass is 9.95. The van der Waals surface area contributed by atoms with Gasteiger partial charge in [-0.2, -0.15) is 0 Å². The summed E-state index contributed by atoms with van der Waals surface area (Å²) < 4.78 is 5.06. The fourth-order valence-corrected chi connectivity index (χ4v) is 1.94. The van der Waals surface area contributed by atoms with Gasteiger partial charge in [-0.05, 0) is 25.1 Å². The van der Waals surface area contributed by atoms with Crippen LogP contribution in [0.15, 0.2) is 18.2 Å². The molecule has 0 bridgehead atoms. The zero-order valence-electron chi connectivity index (χ0n) is 9.93. The molecule has 1 aliphatic heterocycles. The largest absolute Gasteiger partial charge is 0.497 e. The minimum atomic E-state index is -0.775. The van der Waals surface area contributed by atoms with Crippen molar-refractivity contribution >= 4 is 11.6 Å². The maximum Gasteiger partial charge on any atom is 0.256 e. The van der Waals surface area contributed by atoms with Gasteiger partial charge in [0.25, 0.3) is 5.91 Å². The predicted molar refractivity (Wildman–Crippen MR) is 63.9 cm³/mol. The number of rotatable bonds is 2. The van der Waals surface area contributed by atoms with Crippen LogP contribution >= 0.6 is 0 Å². The van der Waals surface area contributed by atoms with Crippen LogP contribution in [0.1, 0.15) is 17.3 Å². The first-order chi connectivity index (χ1) is 7.93. The summed E-state index contributed by atoms with van der Waals surface area (Å²) in [4.78, 5) is 13.6. The molecule has 0 aliphatic carbocycles. The van der Waals surface area contributed by atoms with Crippen molar-refractivity contribution in [2.24, 2.45) is 0 Å². The molecule has 0 radical (unpaired) electrons. The van der Waals surface area contributed by atoms with E-state index in [9.17, 15) is 9.90 Å². The lowest BCUT2D eigenvalue weighted by molar-refractivity contribution is -0.0668. The summed E-state index contributed by atoms with van der Waals surface area (Å²) in [5.41, 5.74) is 5.82. The zero-order chi connectivity index (χ0) is 12.6. The quantitative estimate of drug-likeness (QED) is 0.732. The van der Waals surface area contributed by atoms with Crippen molar-refractivity contribution < 1.29 is 14.6 Å². The molecule has 0 unspecified atom stereocenters. The van der Waals surface area contributed by atoms with Crippen LogP contribution in [-0.4, -0.2) is 41.7 Å². The van der Waals surface area contributed by atoms with Gasteiger partial charge in [0.2, 0.25) is 0 Å². The number of ether oxygens (including phenoxy) is 1. The molecule has 2 rings (SSSR count). The molecule has 1 aromatic carbocycles. The number of hydrogen-bond acceptors (Lipinski definition) is 4. The molecule has 1 aliphatic rings. The number of hydrogen-bond donors (Lipinski definition) is 2. The molecule has 0 aromatic heterocycles. The maximum atomic E-state index is 12.1. The third-order valence-electron chi connectivity index (χ3n) is 2.84. The van der Waals surface area contributed by atoms with Crippen LogP contribution in [0.5, 0.6) is 5.75 Å². The predicted octanol–water partition coefficient (Wildman–Crippen LogP) is 0.484. The number of aliphatic hydroxyl groups is 1. The van der Waals surface area contributed by atoms with Crippen LogP contribution in [0.3, 0.4) is 0 Å². The Labute approximate surface area is 99.8 Å². The molecule has 1 amide bonds. The molecule has 17 heavy (non-hydrogen) atoms. The molecule has 1 fully saturated rings. The topological polar surface area (TPSA) is 75.8 Å². The Kier molecular flexibility index (Phi) is 2.71. The Balaban J connectivity index is 2.20. The third-order valence-corrected chi connectivity index (χ3v) is 2.84. The first kappa shape index (κ1) is 11.7. The van der Waals surface area contributed by atoms with Crippen LogP contribution in [0, 0.1) is 0 Å². The average molecular weight is 236 g/mol. The molecule has 1 aromatic rings. The number of nitrogens with two attached hydrogens (primary N) is 1. The molecule has 92 valence electrons. The highest BCUT2D eigenvalue weighted by atomic mass is 16.5. The average Bonchev–Trinajstić information content (AvgIpc) is 2.25. The number of methoxy groups -OCH3 is 1. The Morgan fingerprint density at radius 2 is 2.18 bits per heavy atom. The SMILES string of the molecule is COc1ccc(N)c(C(=O)N2CC(C)(O)C2)c1. The monoisotopic (exact) mass is 236 g/mol. The van der Waals surface area contributed by atoms with Crippen molar-refractivity contribution in [1.82, 2.24) is 4.90 Å². The number of nitrogen functional groups attached to an aromatic ring is 1. The molecule has 3 N–H and O–H groups in total. The van der Waals surface area contributed by atoms with E-state index in [1.165, 1.54) is 7.11 Å². The first-order valence-corrected chi connectivity index (χ1v) is 5.38. The minimum absolute atomic E-state index is 0.173. The van der Waals surface area contributed by atoms with Gasteiger partial charge in [0, 0.05) is 5.69 Å². The lowest BCUT2D eigenvalue weighted by Crippen LogP contribution is -2.61. The molecule has 0 saturated carbocycles. The fraction of sp³-hybridized carbons (Fsp3) is 0.417. The van der Waals surface area contributed by atoms with Gasteiger partial charge >= 0.3 is 0 Å². The van der Waals surface area contributed by atoms with E-state index < -0.39 is 5.60 Å². The smallest absolute Gasteiger partial charge is 0.256 e. The molecule has 5 nitrogen and oxygen atoms in total. The summed E-state index contributed by atoms with van der Waals surface area (Å²) in [6.45, 7) is 2.37. The Morgan fingerprint density at radius 3 is 2.71 bits per heavy atom. The van der Waals surface area contributed by atoms with Crippen molar-refractivity contribution in [3.8, 4) is 5.75 Å². The van der Waals surface area contributed by atoms with E-state index in [1.54, 1.807) is 30.0 Å². The highest BCUT2D eigenvalue weighted by Crippen LogP contribution is 2.26. The summed E-state index contributed by atoms with van der Waals surface area (Å²) in [5, 5.41) is 9.60. The van der Waals surface area contributed by atoms with E-state index in [0.29, 0.717) is 30.1 Å². The van der Waals surface area contributed by atoms with Gasteiger partial charge in [0.1, 0.15) is 5.75 Å². The number of nitrogens with zero attached hydrogens (tertiary/aromatic N) is 1. The van der Waals surface area contributed by atoms with E-state index in [2.05, 4.69) is 0 Å². The van der Waals surface area contributed by atoms with Crippen LogP contribution < -0.4 is 10.5 Å².